The largest absolute Gasteiger partial charge is 0.321 e. The van der Waals surface area contributed by atoms with Gasteiger partial charge in [-0.25, -0.2) is 0 Å². The second kappa shape index (κ2) is 7.29. The van der Waals surface area contributed by atoms with Gasteiger partial charge in [0, 0.05) is 31.6 Å². The molecule has 4 atom stereocenters. The van der Waals surface area contributed by atoms with E-state index in [4.69, 9.17) is 0 Å². The highest BCUT2D eigenvalue weighted by Crippen LogP contribution is 2.50. The quantitative estimate of drug-likeness (QED) is 0.587. The monoisotopic (exact) mass is 385 g/mol. The molecule has 29 heavy (non-hydrogen) atoms. The summed E-state index contributed by atoms with van der Waals surface area (Å²) in [6, 6.07) is 25.5. The lowest BCUT2D eigenvalue weighted by atomic mass is 9.67. The van der Waals surface area contributed by atoms with Gasteiger partial charge in [0.25, 0.3) is 0 Å². The number of hydrogen-bond acceptors (Lipinski definition) is 1. The fraction of sp³-hybridized carbons (Fsp3) is 0.519. The maximum absolute atomic E-state index is 10.5. The molecule has 2 aromatic rings. The molecule has 0 radical (unpaired) electrons. The Hall–Kier alpha value is -2.11. The lowest BCUT2D eigenvalue weighted by Gasteiger charge is -2.48. The standard InChI is InChI=1S/C27H33N2/c1-29(19-21-12-13-21)25-14-15-26(29)17-22(16-25)18-27(20-28,23-8-4-2-5-9-23)24-10-6-3-7-11-24/h2-11,21-22,25-26H,12-19H2,1H3/q+1/t22-,25+,26-,29?. The number of quaternary nitrogens is 1. The number of nitrogens with zero attached hydrogens (tertiary/aromatic N) is 2. The van der Waals surface area contributed by atoms with Crippen LogP contribution in [-0.2, 0) is 5.41 Å². The number of piperidine rings is 1. The van der Waals surface area contributed by atoms with Crippen LogP contribution in [0.3, 0.4) is 0 Å². The van der Waals surface area contributed by atoms with Crippen LogP contribution in [0, 0.1) is 23.2 Å². The molecule has 2 heterocycles. The molecule has 2 saturated heterocycles. The van der Waals surface area contributed by atoms with Crippen LogP contribution in [0.25, 0.3) is 0 Å². The van der Waals surface area contributed by atoms with E-state index >= 15 is 0 Å². The van der Waals surface area contributed by atoms with E-state index in [0.29, 0.717) is 5.92 Å². The molecule has 2 nitrogen and oxygen atoms in total. The van der Waals surface area contributed by atoms with Crippen molar-refractivity contribution < 1.29 is 4.48 Å². The summed E-state index contributed by atoms with van der Waals surface area (Å²) < 4.78 is 1.33. The van der Waals surface area contributed by atoms with E-state index in [2.05, 4.69) is 73.8 Å². The third-order valence-corrected chi connectivity index (χ3v) is 8.38. The lowest BCUT2D eigenvalue weighted by molar-refractivity contribution is -0.951. The molecule has 2 aliphatic heterocycles. The number of rotatable bonds is 6. The predicted molar refractivity (Wildman–Crippen MR) is 117 cm³/mol. The average Bonchev–Trinajstić information content (AvgIpc) is 3.55. The van der Waals surface area contributed by atoms with Gasteiger partial charge in [0.05, 0.1) is 31.7 Å². The minimum atomic E-state index is -0.538. The van der Waals surface area contributed by atoms with Gasteiger partial charge in [-0.1, -0.05) is 60.7 Å². The van der Waals surface area contributed by atoms with Crippen LogP contribution < -0.4 is 0 Å². The van der Waals surface area contributed by atoms with Crippen molar-refractivity contribution in [3.05, 3.63) is 71.8 Å². The van der Waals surface area contributed by atoms with Gasteiger partial charge >= 0.3 is 0 Å². The molecule has 0 N–H and O–H groups in total. The van der Waals surface area contributed by atoms with Gasteiger partial charge in [0.1, 0.15) is 5.41 Å². The van der Waals surface area contributed by atoms with Crippen molar-refractivity contribution in [2.45, 2.75) is 62.4 Å². The second-order valence-electron chi connectivity index (χ2n) is 10.1. The van der Waals surface area contributed by atoms with E-state index in [1.54, 1.807) is 0 Å². The highest BCUT2D eigenvalue weighted by molar-refractivity contribution is 5.45. The second-order valence-corrected chi connectivity index (χ2v) is 10.1. The van der Waals surface area contributed by atoms with Crippen molar-refractivity contribution >= 4 is 0 Å². The summed E-state index contributed by atoms with van der Waals surface area (Å²) in [5, 5.41) is 10.5. The first-order chi connectivity index (χ1) is 14.1. The summed E-state index contributed by atoms with van der Waals surface area (Å²) in [6.45, 7) is 1.41. The first-order valence-electron chi connectivity index (χ1n) is 11.5. The van der Waals surface area contributed by atoms with Crippen LogP contribution in [-0.4, -0.2) is 30.2 Å². The Labute approximate surface area is 175 Å². The van der Waals surface area contributed by atoms with Crippen molar-refractivity contribution in [3.8, 4) is 6.07 Å². The third-order valence-electron chi connectivity index (χ3n) is 8.38. The van der Waals surface area contributed by atoms with Crippen molar-refractivity contribution in [1.29, 1.82) is 5.26 Å². The Morgan fingerprint density at radius 2 is 1.34 bits per heavy atom. The summed E-state index contributed by atoms with van der Waals surface area (Å²) in [5.74, 6) is 1.63. The van der Waals surface area contributed by atoms with Gasteiger partial charge in [-0.2, -0.15) is 5.26 Å². The fourth-order valence-electron chi connectivity index (χ4n) is 6.63. The molecule has 2 bridgehead atoms. The minimum absolute atomic E-state index is 0.538. The highest BCUT2D eigenvalue weighted by atomic mass is 15.4. The van der Waals surface area contributed by atoms with Crippen molar-refractivity contribution in [1.82, 2.24) is 0 Å². The van der Waals surface area contributed by atoms with E-state index in [1.807, 2.05) is 0 Å². The normalized spacial score (nSPS) is 31.4. The van der Waals surface area contributed by atoms with E-state index in [0.717, 1.165) is 35.5 Å². The number of nitriles is 1. The zero-order valence-electron chi connectivity index (χ0n) is 17.6. The Morgan fingerprint density at radius 3 is 1.79 bits per heavy atom. The van der Waals surface area contributed by atoms with Crippen LogP contribution in [0.1, 0.15) is 56.1 Å². The number of benzene rings is 2. The Balaban J connectivity index is 1.44. The third kappa shape index (κ3) is 3.30. The fourth-order valence-corrected chi connectivity index (χ4v) is 6.63. The zero-order chi connectivity index (χ0) is 19.9. The van der Waals surface area contributed by atoms with Crippen molar-refractivity contribution in [3.63, 3.8) is 0 Å². The van der Waals surface area contributed by atoms with E-state index < -0.39 is 5.41 Å². The summed E-state index contributed by atoms with van der Waals surface area (Å²) in [5.41, 5.74) is 1.77. The van der Waals surface area contributed by atoms with Crippen molar-refractivity contribution in [2.75, 3.05) is 13.6 Å². The molecule has 1 aliphatic carbocycles. The van der Waals surface area contributed by atoms with Gasteiger partial charge in [-0.15, -0.1) is 0 Å². The van der Waals surface area contributed by atoms with Crippen LogP contribution >= 0.6 is 0 Å². The van der Waals surface area contributed by atoms with E-state index in [-0.39, 0.29) is 0 Å². The SMILES string of the molecule is C[N+]1(CC2CC2)[C@@H]2CC[C@H]1C[C@@H](CC(C#N)(c1ccccc1)c1ccccc1)C2. The van der Waals surface area contributed by atoms with Gasteiger partial charge in [-0.05, 0) is 36.3 Å². The maximum atomic E-state index is 10.5. The molecule has 2 aromatic carbocycles. The van der Waals surface area contributed by atoms with Crippen LogP contribution in [0.2, 0.25) is 0 Å². The molecule has 1 unspecified atom stereocenters. The summed E-state index contributed by atoms with van der Waals surface area (Å²) in [7, 11) is 2.54. The zero-order valence-corrected chi connectivity index (χ0v) is 17.6. The topological polar surface area (TPSA) is 23.8 Å². The number of fused-ring (bicyclic) bond motifs is 2. The Kier molecular flexibility index (Phi) is 4.75. The Bertz CT molecular complexity index is 824. The molecule has 0 aromatic heterocycles. The Morgan fingerprint density at radius 1 is 0.828 bits per heavy atom. The summed E-state index contributed by atoms with van der Waals surface area (Å²) in [6.07, 6.45) is 9.23. The van der Waals surface area contributed by atoms with E-state index in [1.165, 1.54) is 49.6 Å². The van der Waals surface area contributed by atoms with Crippen molar-refractivity contribution in [2.24, 2.45) is 11.8 Å². The molecular formula is C27H33N2+. The van der Waals surface area contributed by atoms with Gasteiger partial charge in [0.2, 0.25) is 0 Å². The van der Waals surface area contributed by atoms with Gasteiger partial charge in [-0.3, -0.25) is 0 Å². The number of hydrogen-bond donors (Lipinski definition) is 0. The smallest absolute Gasteiger partial charge is 0.107 e. The highest BCUT2D eigenvalue weighted by Gasteiger charge is 2.54. The van der Waals surface area contributed by atoms with Crippen LogP contribution in [0.4, 0.5) is 0 Å². The lowest BCUT2D eigenvalue weighted by Crippen LogP contribution is -2.58. The minimum Gasteiger partial charge on any atom is -0.321 e. The van der Waals surface area contributed by atoms with Gasteiger partial charge < -0.3 is 4.48 Å². The molecule has 2 heteroatoms. The molecule has 0 amide bonds. The molecule has 3 fully saturated rings. The molecule has 5 rings (SSSR count). The molecule has 3 aliphatic rings. The van der Waals surface area contributed by atoms with Crippen LogP contribution in [0.15, 0.2) is 60.7 Å². The predicted octanol–water partition coefficient (Wildman–Crippen LogP) is 5.68. The first-order valence-corrected chi connectivity index (χ1v) is 11.5. The first kappa shape index (κ1) is 18.9. The molecular weight excluding hydrogens is 352 g/mol. The summed E-state index contributed by atoms with van der Waals surface area (Å²) >= 11 is 0. The average molecular weight is 386 g/mol. The molecule has 1 saturated carbocycles. The summed E-state index contributed by atoms with van der Waals surface area (Å²) in [4.78, 5) is 0. The van der Waals surface area contributed by atoms with E-state index in [9.17, 15) is 5.26 Å². The molecule has 150 valence electrons. The molecule has 0 spiro atoms. The van der Waals surface area contributed by atoms with Gasteiger partial charge in [0.15, 0.2) is 0 Å². The van der Waals surface area contributed by atoms with Crippen LogP contribution in [0.5, 0.6) is 0 Å². The maximum Gasteiger partial charge on any atom is 0.107 e.